The van der Waals surface area contributed by atoms with E-state index >= 15 is 0 Å². The van der Waals surface area contributed by atoms with Crippen molar-refractivity contribution in [2.45, 2.75) is 43.8 Å². The first-order chi connectivity index (χ1) is 9.13. The van der Waals surface area contributed by atoms with Crippen molar-refractivity contribution in [3.63, 3.8) is 0 Å². The fourth-order valence-corrected chi connectivity index (χ4v) is 3.62. The van der Waals surface area contributed by atoms with Gasteiger partial charge < -0.3 is 0 Å². The van der Waals surface area contributed by atoms with Gasteiger partial charge in [-0.25, -0.2) is 8.78 Å². The van der Waals surface area contributed by atoms with E-state index in [0.29, 0.717) is 16.6 Å². The Morgan fingerprint density at radius 1 is 1.11 bits per heavy atom. The second-order valence-electron chi connectivity index (χ2n) is 5.06. The number of ketones is 1. The van der Waals surface area contributed by atoms with Crippen LogP contribution in [0.4, 0.5) is 8.78 Å². The molecule has 1 fully saturated rings. The largest absolute Gasteiger partial charge is 0.298 e. The second kappa shape index (κ2) is 7.04. The van der Waals surface area contributed by atoms with Crippen LogP contribution in [0.1, 0.15) is 37.7 Å². The molecule has 0 heterocycles. The van der Waals surface area contributed by atoms with Crippen molar-refractivity contribution in [2.24, 2.45) is 0 Å². The van der Waals surface area contributed by atoms with E-state index in [0.717, 1.165) is 6.07 Å². The minimum absolute atomic E-state index is 0.0422. The molecule has 1 nitrogen and oxygen atoms in total. The van der Waals surface area contributed by atoms with E-state index in [9.17, 15) is 13.6 Å². The van der Waals surface area contributed by atoms with Crippen LogP contribution in [-0.4, -0.2) is 16.8 Å². The van der Waals surface area contributed by atoms with Crippen LogP contribution in [0, 0.1) is 11.6 Å². The smallest absolute Gasteiger partial charge is 0.147 e. The predicted molar refractivity (Wildman–Crippen MR) is 74.4 cm³/mol. The van der Waals surface area contributed by atoms with Crippen molar-refractivity contribution in [1.29, 1.82) is 0 Å². The number of rotatable bonds is 5. The van der Waals surface area contributed by atoms with Crippen molar-refractivity contribution in [3.05, 3.63) is 35.4 Å². The number of halogens is 2. The van der Waals surface area contributed by atoms with Crippen LogP contribution < -0.4 is 0 Å². The number of carbonyl (C=O) groups is 1. The molecule has 1 aliphatic carbocycles. The van der Waals surface area contributed by atoms with Crippen molar-refractivity contribution in [1.82, 2.24) is 0 Å². The summed E-state index contributed by atoms with van der Waals surface area (Å²) >= 11 is 1.70. The highest BCUT2D eigenvalue weighted by Crippen LogP contribution is 2.28. The van der Waals surface area contributed by atoms with E-state index < -0.39 is 11.6 Å². The molecule has 1 aromatic rings. The van der Waals surface area contributed by atoms with E-state index in [1.54, 1.807) is 11.8 Å². The van der Waals surface area contributed by atoms with Gasteiger partial charge >= 0.3 is 0 Å². The summed E-state index contributed by atoms with van der Waals surface area (Å²) in [4.78, 5) is 11.8. The van der Waals surface area contributed by atoms with E-state index in [1.165, 1.54) is 44.2 Å². The van der Waals surface area contributed by atoms with Gasteiger partial charge in [0.1, 0.15) is 17.4 Å². The highest BCUT2D eigenvalue weighted by atomic mass is 32.2. The van der Waals surface area contributed by atoms with Crippen LogP contribution in [0.15, 0.2) is 18.2 Å². The van der Waals surface area contributed by atoms with Gasteiger partial charge in [-0.3, -0.25) is 4.79 Å². The summed E-state index contributed by atoms with van der Waals surface area (Å²) in [6.07, 6.45) is 6.29. The van der Waals surface area contributed by atoms with Gasteiger partial charge in [-0.15, -0.1) is 0 Å². The first kappa shape index (κ1) is 14.5. The summed E-state index contributed by atoms with van der Waals surface area (Å²) in [5, 5.41) is 0.585. The van der Waals surface area contributed by atoms with E-state index in [2.05, 4.69) is 0 Å². The van der Waals surface area contributed by atoms with Crippen molar-refractivity contribution in [3.8, 4) is 0 Å². The minimum Gasteiger partial charge on any atom is -0.298 e. The number of thioether (sulfide) groups is 1. The fraction of sp³-hybridized carbons (Fsp3) is 0.533. The maximum Gasteiger partial charge on any atom is 0.147 e. The molecule has 2 rings (SSSR count). The number of hydrogen-bond acceptors (Lipinski definition) is 2. The Bertz CT molecular complexity index is 422. The molecule has 1 aromatic carbocycles. The highest BCUT2D eigenvalue weighted by molar-refractivity contribution is 8.00. The normalized spacial score (nSPS) is 16.5. The molecule has 0 saturated heterocycles. The summed E-state index contributed by atoms with van der Waals surface area (Å²) in [7, 11) is 0. The average Bonchev–Trinajstić information content (AvgIpc) is 2.36. The van der Waals surface area contributed by atoms with Crippen molar-refractivity contribution < 1.29 is 13.6 Å². The number of Topliss-reactive ketones (excluding diaryl/α,β-unsaturated/α-hetero) is 1. The third kappa shape index (κ3) is 4.94. The summed E-state index contributed by atoms with van der Waals surface area (Å²) < 4.78 is 26.0. The SMILES string of the molecule is O=C(CSC1CCCCC1)Cc1cc(F)cc(F)c1. The fourth-order valence-electron chi connectivity index (χ4n) is 2.43. The number of hydrogen-bond donors (Lipinski definition) is 0. The first-order valence-corrected chi connectivity index (χ1v) is 7.76. The minimum atomic E-state index is -0.622. The lowest BCUT2D eigenvalue weighted by molar-refractivity contribution is -0.116. The Labute approximate surface area is 116 Å². The zero-order valence-corrected chi connectivity index (χ0v) is 11.6. The molecular formula is C15H18F2OS. The van der Waals surface area contributed by atoms with Crippen molar-refractivity contribution >= 4 is 17.5 Å². The lowest BCUT2D eigenvalue weighted by Crippen LogP contribution is -2.13. The van der Waals surface area contributed by atoms with Crippen molar-refractivity contribution in [2.75, 3.05) is 5.75 Å². The number of benzene rings is 1. The molecule has 19 heavy (non-hydrogen) atoms. The first-order valence-electron chi connectivity index (χ1n) is 6.72. The monoisotopic (exact) mass is 284 g/mol. The Kier molecular flexibility index (Phi) is 5.37. The van der Waals surface area contributed by atoms with Crippen LogP contribution in [0.25, 0.3) is 0 Å². The van der Waals surface area contributed by atoms with Crippen LogP contribution in [0.5, 0.6) is 0 Å². The third-order valence-electron chi connectivity index (χ3n) is 3.36. The molecule has 104 valence electrons. The quantitative estimate of drug-likeness (QED) is 0.808. The molecule has 0 atom stereocenters. The predicted octanol–water partition coefficient (Wildman–Crippen LogP) is 4.14. The van der Waals surface area contributed by atoms with E-state index in [-0.39, 0.29) is 12.2 Å². The molecule has 4 heteroatoms. The summed E-state index contributed by atoms with van der Waals surface area (Å²) in [5.41, 5.74) is 0.423. The standard InChI is InChI=1S/C15H18F2OS/c16-12-6-11(7-13(17)9-12)8-14(18)10-19-15-4-2-1-3-5-15/h6-7,9,15H,1-5,8,10H2. The third-order valence-corrected chi connectivity index (χ3v) is 4.79. The summed E-state index contributed by atoms with van der Waals surface area (Å²) in [6.45, 7) is 0. The second-order valence-corrected chi connectivity index (χ2v) is 6.35. The van der Waals surface area contributed by atoms with E-state index in [4.69, 9.17) is 0 Å². The van der Waals surface area contributed by atoms with E-state index in [1.807, 2.05) is 0 Å². The molecule has 1 saturated carbocycles. The van der Waals surface area contributed by atoms with Gasteiger partial charge in [0.25, 0.3) is 0 Å². The van der Waals surface area contributed by atoms with Gasteiger partial charge in [0, 0.05) is 17.7 Å². The average molecular weight is 284 g/mol. The molecule has 0 amide bonds. The molecule has 0 aliphatic heterocycles. The zero-order chi connectivity index (χ0) is 13.7. The van der Waals surface area contributed by atoms with Gasteiger partial charge in [0.15, 0.2) is 0 Å². The van der Waals surface area contributed by atoms with Crippen LogP contribution in [0.3, 0.4) is 0 Å². The molecule has 0 N–H and O–H groups in total. The Morgan fingerprint density at radius 3 is 2.37 bits per heavy atom. The lowest BCUT2D eigenvalue weighted by atomic mass is 10.0. The molecule has 1 aliphatic rings. The highest BCUT2D eigenvalue weighted by Gasteiger charge is 2.15. The molecule has 0 bridgehead atoms. The number of carbonyl (C=O) groups excluding carboxylic acids is 1. The lowest BCUT2D eigenvalue weighted by Gasteiger charge is -2.20. The zero-order valence-electron chi connectivity index (χ0n) is 10.8. The summed E-state index contributed by atoms with van der Waals surface area (Å²) in [5.74, 6) is -0.756. The topological polar surface area (TPSA) is 17.1 Å². The van der Waals surface area contributed by atoms with Crippen LogP contribution in [0.2, 0.25) is 0 Å². The van der Waals surface area contributed by atoms with Gasteiger partial charge in [0.2, 0.25) is 0 Å². The molecule has 0 aromatic heterocycles. The molecular weight excluding hydrogens is 266 g/mol. The van der Waals surface area contributed by atoms with Gasteiger partial charge in [0.05, 0.1) is 5.75 Å². The Hall–Kier alpha value is -0.900. The van der Waals surface area contributed by atoms with Gasteiger partial charge in [-0.1, -0.05) is 19.3 Å². The van der Waals surface area contributed by atoms with Crippen LogP contribution >= 0.6 is 11.8 Å². The molecule has 0 radical (unpaired) electrons. The van der Waals surface area contributed by atoms with Gasteiger partial charge in [-0.05, 0) is 30.5 Å². The summed E-state index contributed by atoms with van der Waals surface area (Å²) in [6, 6.07) is 3.28. The van der Waals surface area contributed by atoms with Crippen LogP contribution in [-0.2, 0) is 11.2 Å². The Balaban J connectivity index is 1.80. The molecule has 0 spiro atoms. The Morgan fingerprint density at radius 2 is 1.74 bits per heavy atom. The maximum atomic E-state index is 13.0. The van der Waals surface area contributed by atoms with Gasteiger partial charge in [-0.2, -0.15) is 11.8 Å². The molecule has 0 unspecified atom stereocenters. The maximum absolute atomic E-state index is 13.0.